The molecule has 0 radical (unpaired) electrons. The van der Waals surface area contributed by atoms with Crippen LogP contribution in [0.25, 0.3) is 0 Å². The van der Waals surface area contributed by atoms with Gasteiger partial charge in [0.05, 0.1) is 6.54 Å². The highest BCUT2D eigenvalue weighted by molar-refractivity contribution is 6.30. The molecule has 0 fully saturated rings. The summed E-state index contributed by atoms with van der Waals surface area (Å²) < 4.78 is 0. The van der Waals surface area contributed by atoms with Crippen LogP contribution in [0.1, 0.15) is 20.3 Å². The first-order chi connectivity index (χ1) is 9.49. The summed E-state index contributed by atoms with van der Waals surface area (Å²) in [7, 11) is 2.11. The van der Waals surface area contributed by atoms with Gasteiger partial charge in [0.2, 0.25) is 5.91 Å². The zero-order chi connectivity index (χ0) is 15.0. The van der Waals surface area contributed by atoms with E-state index in [0.29, 0.717) is 17.6 Å². The minimum absolute atomic E-state index is 0.0375. The first-order valence-corrected chi connectivity index (χ1v) is 7.33. The van der Waals surface area contributed by atoms with Crippen molar-refractivity contribution in [1.82, 2.24) is 10.2 Å². The fourth-order valence-electron chi connectivity index (χ4n) is 1.65. The number of nitrogens with zero attached hydrogens (tertiary/aromatic N) is 1. The molecule has 1 rings (SSSR count). The molecule has 5 heteroatoms. The Balaban J connectivity index is 2.13. The van der Waals surface area contributed by atoms with E-state index in [2.05, 4.69) is 36.4 Å². The Morgan fingerprint density at radius 3 is 2.55 bits per heavy atom. The quantitative estimate of drug-likeness (QED) is 0.725. The van der Waals surface area contributed by atoms with E-state index in [0.717, 1.165) is 25.2 Å². The lowest BCUT2D eigenvalue weighted by Crippen LogP contribution is -2.32. The average Bonchev–Trinajstić information content (AvgIpc) is 2.40. The van der Waals surface area contributed by atoms with Crippen molar-refractivity contribution in [2.24, 2.45) is 0 Å². The number of hydrogen-bond donors (Lipinski definition) is 2. The highest BCUT2D eigenvalue weighted by atomic mass is 35.5. The first-order valence-electron chi connectivity index (χ1n) is 6.95. The summed E-state index contributed by atoms with van der Waals surface area (Å²) in [5.41, 5.74) is 0.765. The van der Waals surface area contributed by atoms with Crippen LogP contribution in [0.5, 0.6) is 0 Å². The predicted molar refractivity (Wildman–Crippen MR) is 85.3 cm³/mol. The molecule has 4 nitrogen and oxygen atoms in total. The maximum absolute atomic E-state index is 11.7. The maximum Gasteiger partial charge on any atom is 0.238 e. The van der Waals surface area contributed by atoms with Crippen LogP contribution in [0, 0.1) is 0 Å². The highest BCUT2D eigenvalue weighted by Crippen LogP contribution is 2.12. The fourth-order valence-corrected chi connectivity index (χ4v) is 1.78. The normalized spacial score (nSPS) is 11.1. The minimum atomic E-state index is -0.0375. The van der Waals surface area contributed by atoms with Crippen LogP contribution in [0.15, 0.2) is 24.3 Å². The second-order valence-corrected chi connectivity index (χ2v) is 5.60. The number of halogens is 1. The Bertz CT molecular complexity index is 406. The van der Waals surface area contributed by atoms with Crippen LogP contribution >= 0.6 is 11.6 Å². The first kappa shape index (κ1) is 17.0. The Morgan fingerprint density at radius 1 is 1.30 bits per heavy atom. The van der Waals surface area contributed by atoms with Crippen molar-refractivity contribution in [2.45, 2.75) is 26.3 Å². The van der Waals surface area contributed by atoms with Crippen LogP contribution in [0.4, 0.5) is 5.69 Å². The highest BCUT2D eigenvalue weighted by Gasteiger charge is 2.03. The van der Waals surface area contributed by atoms with Crippen molar-refractivity contribution in [3.05, 3.63) is 29.3 Å². The number of nitrogens with one attached hydrogen (secondary N) is 2. The molecule has 0 saturated carbocycles. The summed E-state index contributed by atoms with van der Waals surface area (Å²) >= 11 is 5.79. The van der Waals surface area contributed by atoms with Crippen molar-refractivity contribution >= 4 is 23.2 Å². The van der Waals surface area contributed by atoms with Gasteiger partial charge in [0.1, 0.15) is 0 Å². The van der Waals surface area contributed by atoms with Gasteiger partial charge < -0.3 is 15.5 Å². The van der Waals surface area contributed by atoms with Gasteiger partial charge in [-0.2, -0.15) is 0 Å². The standard InChI is InChI=1S/C15H24ClN3O/c1-12(2)19(3)10-4-9-17-11-15(20)18-14-7-5-13(16)6-8-14/h5-8,12,17H,4,9-11H2,1-3H3,(H,18,20). The van der Waals surface area contributed by atoms with Crippen LogP contribution in [0.2, 0.25) is 5.02 Å². The largest absolute Gasteiger partial charge is 0.325 e. The third-order valence-electron chi connectivity index (χ3n) is 3.16. The van der Waals surface area contributed by atoms with Gasteiger partial charge in [0, 0.05) is 16.8 Å². The number of carbonyl (C=O) groups excluding carboxylic acids is 1. The van der Waals surface area contributed by atoms with E-state index >= 15 is 0 Å². The number of carbonyl (C=O) groups is 1. The number of amides is 1. The minimum Gasteiger partial charge on any atom is -0.325 e. The molecule has 0 atom stereocenters. The van der Waals surface area contributed by atoms with Gasteiger partial charge in [-0.1, -0.05) is 11.6 Å². The van der Waals surface area contributed by atoms with Gasteiger partial charge in [-0.15, -0.1) is 0 Å². The predicted octanol–water partition coefficient (Wildman–Crippen LogP) is 2.60. The molecule has 0 aliphatic heterocycles. The molecule has 0 bridgehead atoms. The summed E-state index contributed by atoms with van der Waals surface area (Å²) in [4.78, 5) is 14.0. The van der Waals surface area contributed by atoms with Gasteiger partial charge in [-0.25, -0.2) is 0 Å². The molecule has 20 heavy (non-hydrogen) atoms. The van der Waals surface area contributed by atoms with Gasteiger partial charge >= 0.3 is 0 Å². The molecule has 2 N–H and O–H groups in total. The molecular weight excluding hydrogens is 274 g/mol. The van der Waals surface area contributed by atoms with E-state index in [1.807, 2.05) is 0 Å². The zero-order valence-electron chi connectivity index (χ0n) is 12.4. The fraction of sp³-hybridized carbons (Fsp3) is 0.533. The van der Waals surface area contributed by atoms with E-state index in [-0.39, 0.29) is 5.91 Å². The molecular formula is C15H24ClN3O. The summed E-state index contributed by atoms with van der Waals surface area (Å²) in [6.45, 7) is 6.54. The van der Waals surface area contributed by atoms with Gasteiger partial charge in [-0.05, 0) is 64.7 Å². The van der Waals surface area contributed by atoms with Crippen molar-refractivity contribution in [1.29, 1.82) is 0 Å². The molecule has 0 spiro atoms. The Kier molecular flexibility index (Phi) is 7.59. The van der Waals surface area contributed by atoms with Crippen molar-refractivity contribution in [3.63, 3.8) is 0 Å². The lowest BCUT2D eigenvalue weighted by molar-refractivity contribution is -0.115. The summed E-state index contributed by atoms with van der Waals surface area (Å²) in [5, 5.41) is 6.63. The molecule has 1 aromatic carbocycles. The molecule has 0 unspecified atom stereocenters. The van der Waals surface area contributed by atoms with Gasteiger partial charge in [0.25, 0.3) is 0 Å². The number of anilines is 1. The molecule has 0 heterocycles. The van der Waals surface area contributed by atoms with Crippen LogP contribution in [0.3, 0.4) is 0 Å². The second-order valence-electron chi connectivity index (χ2n) is 5.16. The lowest BCUT2D eigenvalue weighted by atomic mass is 10.3. The van der Waals surface area contributed by atoms with Crippen LogP contribution in [-0.4, -0.2) is 43.5 Å². The molecule has 112 valence electrons. The third-order valence-corrected chi connectivity index (χ3v) is 3.41. The number of benzene rings is 1. The van der Waals surface area contributed by atoms with E-state index in [9.17, 15) is 4.79 Å². The maximum atomic E-state index is 11.7. The molecule has 1 amide bonds. The lowest BCUT2D eigenvalue weighted by Gasteiger charge is -2.20. The molecule has 0 aliphatic carbocycles. The molecule has 1 aromatic rings. The smallest absolute Gasteiger partial charge is 0.238 e. The molecule has 0 saturated heterocycles. The SMILES string of the molecule is CC(C)N(C)CCCNCC(=O)Nc1ccc(Cl)cc1. The summed E-state index contributed by atoms with van der Waals surface area (Å²) in [6, 6.07) is 7.65. The summed E-state index contributed by atoms with van der Waals surface area (Å²) in [6.07, 6.45) is 1.03. The van der Waals surface area contributed by atoms with E-state index in [4.69, 9.17) is 11.6 Å². The third kappa shape index (κ3) is 6.89. The van der Waals surface area contributed by atoms with Gasteiger partial charge in [-0.3, -0.25) is 4.79 Å². The molecule has 0 aromatic heterocycles. The topological polar surface area (TPSA) is 44.4 Å². The Labute approximate surface area is 126 Å². The average molecular weight is 298 g/mol. The second kappa shape index (κ2) is 8.95. The summed E-state index contributed by atoms with van der Waals surface area (Å²) in [5.74, 6) is -0.0375. The van der Waals surface area contributed by atoms with Crippen molar-refractivity contribution < 1.29 is 4.79 Å². The van der Waals surface area contributed by atoms with Gasteiger partial charge in [0.15, 0.2) is 0 Å². The van der Waals surface area contributed by atoms with Crippen molar-refractivity contribution in [2.75, 3.05) is 32.0 Å². The zero-order valence-corrected chi connectivity index (χ0v) is 13.2. The number of hydrogen-bond acceptors (Lipinski definition) is 3. The van der Waals surface area contributed by atoms with E-state index < -0.39 is 0 Å². The van der Waals surface area contributed by atoms with Crippen molar-refractivity contribution in [3.8, 4) is 0 Å². The monoisotopic (exact) mass is 297 g/mol. The van der Waals surface area contributed by atoms with E-state index in [1.54, 1.807) is 24.3 Å². The Hall–Kier alpha value is -1.10. The Morgan fingerprint density at radius 2 is 1.95 bits per heavy atom. The van der Waals surface area contributed by atoms with E-state index in [1.165, 1.54) is 0 Å². The van der Waals surface area contributed by atoms with Crippen LogP contribution in [-0.2, 0) is 4.79 Å². The molecule has 0 aliphatic rings. The van der Waals surface area contributed by atoms with Crippen LogP contribution < -0.4 is 10.6 Å². The number of rotatable bonds is 8.